The second-order valence-electron chi connectivity index (χ2n) is 3.04. The number of aldehydes is 1. The highest BCUT2D eigenvalue weighted by Crippen LogP contribution is 2.38. The summed E-state index contributed by atoms with van der Waals surface area (Å²) in [5.41, 5.74) is 6.89. The molecule has 1 aromatic rings. The van der Waals surface area contributed by atoms with Gasteiger partial charge in [-0.15, -0.1) is 0 Å². The van der Waals surface area contributed by atoms with Crippen molar-refractivity contribution >= 4 is 49.9 Å². The Hall–Kier alpha value is -1.07. The average molecular weight is 347 g/mol. The second kappa shape index (κ2) is 5.32. The molecular formula is C11H9Br2NO2. The van der Waals surface area contributed by atoms with Crippen LogP contribution in [0.1, 0.15) is 5.56 Å². The van der Waals surface area contributed by atoms with Crippen LogP contribution in [0.15, 0.2) is 33.2 Å². The van der Waals surface area contributed by atoms with Crippen LogP contribution in [-0.4, -0.2) is 11.4 Å². The lowest BCUT2D eigenvalue weighted by molar-refractivity contribution is -0.104. The maximum atomic E-state index is 10.4. The molecule has 5 heteroatoms. The fourth-order valence-electron chi connectivity index (χ4n) is 1.04. The van der Waals surface area contributed by atoms with E-state index >= 15 is 0 Å². The van der Waals surface area contributed by atoms with Gasteiger partial charge in [-0.1, -0.05) is 34.7 Å². The third-order valence-corrected chi connectivity index (χ3v) is 3.16. The number of benzene rings is 1. The minimum absolute atomic E-state index is 0.0282. The number of nitrogen functional groups attached to an aromatic ring is 1. The SMILES string of the molecule is C=C(C=O)/C=C\c1c(Br)cc(Br)c(O)c1N. The zero-order valence-corrected chi connectivity index (χ0v) is 11.4. The Bertz CT molecular complexity index is 481. The van der Waals surface area contributed by atoms with Crippen molar-refractivity contribution in [3.05, 3.63) is 38.8 Å². The summed E-state index contributed by atoms with van der Waals surface area (Å²) >= 11 is 6.48. The van der Waals surface area contributed by atoms with Crippen molar-refractivity contribution in [2.45, 2.75) is 0 Å². The van der Waals surface area contributed by atoms with Gasteiger partial charge in [-0.25, -0.2) is 0 Å². The number of carbonyl (C=O) groups is 1. The standard InChI is InChI=1S/C11H9Br2NO2/c1-6(5-15)2-3-7-8(12)4-9(13)11(16)10(7)14/h2-5,16H,1,14H2/b3-2-. The number of phenols is 1. The molecule has 0 aliphatic heterocycles. The van der Waals surface area contributed by atoms with E-state index in [2.05, 4.69) is 38.4 Å². The maximum Gasteiger partial charge on any atom is 0.153 e. The molecular weight excluding hydrogens is 338 g/mol. The highest BCUT2D eigenvalue weighted by atomic mass is 79.9. The van der Waals surface area contributed by atoms with E-state index in [1.165, 1.54) is 6.08 Å². The van der Waals surface area contributed by atoms with Crippen LogP contribution in [0.2, 0.25) is 0 Å². The van der Waals surface area contributed by atoms with E-state index in [0.29, 0.717) is 26.4 Å². The van der Waals surface area contributed by atoms with Crippen molar-refractivity contribution in [1.82, 2.24) is 0 Å². The summed E-state index contributed by atoms with van der Waals surface area (Å²) in [4.78, 5) is 10.4. The molecule has 0 unspecified atom stereocenters. The fourth-order valence-corrected chi connectivity index (χ4v) is 2.37. The predicted octanol–water partition coefficient (Wildman–Crippen LogP) is 3.27. The summed E-state index contributed by atoms with van der Waals surface area (Å²) in [7, 11) is 0. The Morgan fingerprint density at radius 3 is 2.62 bits per heavy atom. The zero-order valence-electron chi connectivity index (χ0n) is 8.21. The third-order valence-electron chi connectivity index (χ3n) is 1.90. The molecule has 0 bridgehead atoms. The number of allylic oxidation sites excluding steroid dienone is 2. The number of halogens is 2. The van der Waals surface area contributed by atoms with Gasteiger partial charge in [-0.05, 0) is 22.0 Å². The molecule has 0 fully saturated rings. The minimum Gasteiger partial charge on any atom is -0.505 e. The topological polar surface area (TPSA) is 63.3 Å². The number of phenolic OH excluding ortho intramolecular Hbond substituents is 1. The van der Waals surface area contributed by atoms with E-state index in [1.807, 2.05) is 0 Å². The summed E-state index contributed by atoms with van der Waals surface area (Å²) in [5.74, 6) is -0.0282. The van der Waals surface area contributed by atoms with Crippen molar-refractivity contribution in [1.29, 1.82) is 0 Å². The van der Waals surface area contributed by atoms with Crippen LogP contribution in [0.5, 0.6) is 5.75 Å². The van der Waals surface area contributed by atoms with Crippen molar-refractivity contribution in [3.8, 4) is 5.75 Å². The Morgan fingerprint density at radius 2 is 2.06 bits per heavy atom. The highest BCUT2D eigenvalue weighted by Gasteiger charge is 2.10. The Morgan fingerprint density at radius 1 is 1.44 bits per heavy atom. The molecule has 3 nitrogen and oxygen atoms in total. The molecule has 0 heterocycles. The molecule has 0 aliphatic rings. The van der Waals surface area contributed by atoms with Gasteiger partial charge in [-0.3, -0.25) is 4.79 Å². The van der Waals surface area contributed by atoms with E-state index < -0.39 is 0 Å². The molecule has 1 rings (SSSR count). The van der Waals surface area contributed by atoms with E-state index in [-0.39, 0.29) is 11.4 Å². The molecule has 0 aromatic heterocycles. The second-order valence-corrected chi connectivity index (χ2v) is 4.75. The molecule has 0 spiro atoms. The molecule has 0 saturated heterocycles. The number of aromatic hydroxyl groups is 1. The summed E-state index contributed by atoms with van der Waals surface area (Å²) in [6.45, 7) is 3.50. The lowest BCUT2D eigenvalue weighted by atomic mass is 10.1. The third kappa shape index (κ3) is 2.74. The number of anilines is 1. The lowest BCUT2D eigenvalue weighted by Gasteiger charge is -2.08. The van der Waals surface area contributed by atoms with Crippen LogP contribution in [0.25, 0.3) is 6.08 Å². The molecule has 0 aliphatic carbocycles. The van der Waals surface area contributed by atoms with Gasteiger partial charge in [0.2, 0.25) is 0 Å². The van der Waals surface area contributed by atoms with Crippen molar-refractivity contribution in [2.24, 2.45) is 0 Å². The van der Waals surface area contributed by atoms with Gasteiger partial charge in [0.25, 0.3) is 0 Å². The van der Waals surface area contributed by atoms with E-state index in [9.17, 15) is 9.90 Å². The predicted molar refractivity (Wildman–Crippen MR) is 72.2 cm³/mol. The van der Waals surface area contributed by atoms with Crippen molar-refractivity contribution in [2.75, 3.05) is 5.73 Å². The number of hydrogen-bond donors (Lipinski definition) is 2. The average Bonchev–Trinajstić information content (AvgIpc) is 2.25. The summed E-state index contributed by atoms with van der Waals surface area (Å²) in [6, 6.07) is 1.68. The first-order chi connectivity index (χ1) is 7.47. The molecule has 84 valence electrons. The van der Waals surface area contributed by atoms with E-state index in [4.69, 9.17) is 5.73 Å². The summed E-state index contributed by atoms with van der Waals surface area (Å²) < 4.78 is 1.22. The van der Waals surface area contributed by atoms with Gasteiger partial charge in [0, 0.05) is 15.6 Å². The molecule has 0 amide bonds. The van der Waals surface area contributed by atoms with Crippen molar-refractivity contribution < 1.29 is 9.90 Å². The fraction of sp³-hybridized carbons (Fsp3) is 0. The van der Waals surface area contributed by atoms with Gasteiger partial charge >= 0.3 is 0 Å². The largest absolute Gasteiger partial charge is 0.505 e. The Kier molecular flexibility index (Phi) is 4.32. The van der Waals surface area contributed by atoms with Gasteiger partial charge in [0.1, 0.15) is 6.29 Å². The molecule has 3 N–H and O–H groups in total. The minimum atomic E-state index is -0.0282. The van der Waals surface area contributed by atoms with Crippen molar-refractivity contribution in [3.63, 3.8) is 0 Å². The van der Waals surface area contributed by atoms with Gasteiger partial charge < -0.3 is 10.8 Å². The van der Waals surface area contributed by atoms with Crippen LogP contribution in [0.4, 0.5) is 5.69 Å². The van der Waals surface area contributed by atoms with Gasteiger partial charge in [0.15, 0.2) is 5.75 Å². The number of carbonyl (C=O) groups excluding carboxylic acids is 1. The van der Waals surface area contributed by atoms with Crippen LogP contribution < -0.4 is 5.73 Å². The molecule has 0 atom stereocenters. The van der Waals surface area contributed by atoms with Gasteiger partial charge in [-0.2, -0.15) is 0 Å². The number of hydrogen-bond acceptors (Lipinski definition) is 3. The van der Waals surface area contributed by atoms with E-state index in [1.54, 1.807) is 12.1 Å². The highest BCUT2D eigenvalue weighted by molar-refractivity contribution is 9.11. The number of nitrogens with two attached hydrogens (primary N) is 1. The first kappa shape index (κ1) is 13.0. The van der Waals surface area contributed by atoms with Gasteiger partial charge in [0.05, 0.1) is 10.2 Å². The smallest absolute Gasteiger partial charge is 0.153 e. The monoisotopic (exact) mass is 345 g/mol. The van der Waals surface area contributed by atoms with Crippen LogP contribution >= 0.6 is 31.9 Å². The summed E-state index contributed by atoms with van der Waals surface area (Å²) in [5, 5.41) is 9.62. The normalized spacial score (nSPS) is 10.6. The quantitative estimate of drug-likeness (QED) is 0.290. The first-order valence-electron chi connectivity index (χ1n) is 4.26. The Labute approximate surface area is 110 Å². The lowest BCUT2D eigenvalue weighted by Crippen LogP contribution is -1.92. The van der Waals surface area contributed by atoms with Crippen LogP contribution in [0.3, 0.4) is 0 Å². The van der Waals surface area contributed by atoms with Crippen LogP contribution in [-0.2, 0) is 4.79 Å². The zero-order chi connectivity index (χ0) is 12.3. The molecule has 1 aromatic carbocycles. The van der Waals surface area contributed by atoms with E-state index in [0.717, 1.165) is 0 Å². The Balaban J connectivity index is 3.24. The molecule has 16 heavy (non-hydrogen) atoms. The maximum absolute atomic E-state index is 10.4. The summed E-state index contributed by atoms with van der Waals surface area (Å²) in [6.07, 6.45) is 3.78. The molecule has 0 radical (unpaired) electrons. The first-order valence-corrected chi connectivity index (χ1v) is 5.84. The van der Waals surface area contributed by atoms with Crippen LogP contribution in [0, 0.1) is 0 Å². The number of rotatable bonds is 3. The molecule has 0 saturated carbocycles.